The number of nitrogens with zero attached hydrogens (tertiary/aromatic N) is 2. The van der Waals surface area contributed by atoms with Gasteiger partial charge in [0.25, 0.3) is 0 Å². The highest BCUT2D eigenvalue weighted by molar-refractivity contribution is 5.81. The summed E-state index contributed by atoms with van der Waals surface area (Å²) in [5.74, 6) is 0.169. The van der Waals surface area contributed by atoms with E-state index in [9.17, 15) is 9.90 Å². The third kappa shape index (κ3) is 16.0. The molecule has 0 spiro atoms. The molecule has 0 bridgehead atoms. The van der Waals surface area contributed by atoms with E-state index in [-0.39, 0.29) is 6.54 Å². The molecule has 0 saturated heterocycles. The molecule has 0 radical (unpaired) electrons. The number of rotatable bonds is 25. The molecule has 35 heavy (non-hydrogen) atoms. The normalized spacial score (nSPS) is 17.5. The van der Waals surface area contributed by atoms with Crippen LogP contribution in [0.4, 0.5) is 0 Å². The van der Waals surface area contributed by atoms with Crippen LogP contribution in [0, 0.1) is 0 Å². The number of aliphatic carboxylic acids is 1. The van der Waals surface area contributed by atoms with E-state index in [4.69, 9.17) is 5.73 Å². The second-order valence-electron chi connectivity index (χ2n) is 10.4. The largest absolute Gasteiger partial charge is 0.477 e. The zero-order valence-corrected chi connectivity index (χ0v) is 22.9. The zero-order valence-electron chi connectivity index (χ0n) is 22.9. The number of hydrogen-bond acceptors (Lipinski definition) is 3. The minimum atomic E-state index is -0.797. The molecule has 5 heteroatoms. The van der Waals surface area contributed by atoms with E-state index in [0.29, 0.717) is 17.6 Å². The van der Waals surface area contributed by atoms with Crippen molar-refractivity contribution in [2.75, 3.05) is 19.6 Å². The summed E-state index contributed by atoms with van der Waals surface area (Å²) < 4.78 is 0.308. The van der Waals surface area contributed by atoms with Crippen LogP contribution in [0.1, 0.15) is 135 Å². The first-order chi connectivity index (χ1) is 17.1. The first-order valence-electron chi connectivity index (χ1n) is 14.8. The van der Waals surface area contributed by atoms with Crippen LogP contribution in [0.3, 0.4) is 0 Å². The lowest BCUT2D eigenvalue weighted by Gasteiger charge is -2.30. The molecule has 0 aromatic carbocycles. The van der Waals surface area contributed by atoms with E-state index in [1.807, 2.05) is 6.20 Å². The highest BCUT2D eigenvalue weighted by atomic mass is 16.4. The highest BCUT2D eigenvalue weighted by Gasteiger charge is 2.36. The number of quaternary nitrogens is 1. The second kappa shape index (κ2) is 21.8. The first kappa shape index (κ1) is 31.6. The van der Waals surface area contributed by atoms with Gasteiger partial charge in [0.2, 0.25) is 5.84 Å². The Hall–Kier alpha value is -1.46. The summed E-state index contributed by atoms with van der Waals surface area (Å²) in [4.78, 5) is 15.8. The molecule has 1 aliphatic heterocycles. The fraction of sp³-hybridized carbons (Fsp3) is 0.800. The third-order valence-corrected chi connectivity index (χ3v) is 7.18. The maximum Gasteiger partial charge on any atom is 0.360 e. The highest BCUT2D eigenvalue weighted by Crippen LogP contribution is 2.21. The van der Waals surface area contributed by atoms with Gasteiger partial charge in [-0.05, 0) is 25.7 Å². The van der Waals surface area contributed by atoms with Crippen LogP contribution in [-0.2, 0) is 4.79 Å². The van der Waals surface area contributed by atoms with Gasteiger partial charge in [0.15, 0.2) is 6.54 Å². The molecule has 5 nitrogen and oxygen atoms in total. The molecule has 1 atom stereocenters. The number of aliphatic imine (C=N–C) groups is 1. The van der Waals surface area contributed by atoms with Crippen molar-refractivity contribution in [2.24, 2.45) is 10.7 Å². The van der Waals surface area contributed by atoms with Gasteiger partial charge in [-0.25, -0.2) is 14.3 Å². The van der Waals surface area contributed by atoms with Crippen LogP contribution in [0.5, 0.6) is 0 Å². The molecule has 0 aliphatic carbocycles. The average Bonchev–Trinajstić information content (AvgIpc) is 3.21. The van der Waals surface area contributed by atoms with Crippen molar-refractivity contribution in [1.82, 2.24) is 0 Å². The van der Waals surface area contributed by atoms with Crippen molar-refractivity contribution < 1.29 is 14.4 Å². The lowest BCUT2D eigenvalue weighted by molar-refractivity contribution is -0.778. The monoisotopic (exact) mass is 490 g/mol. The van der Waals surface area contributed by atoms with Gasteiger partial charge in [-0.1, -0.05) is 115 Å². The second-order valence-corrected chi connectivity index (χ2v) is 10.4. The molecule has 0 fully saturated rings. The van der Waals surface area contributed by atoms with Gasteiger partial charge in [0.05, 0.1) is 6.20 Å². The number of nitrogens with two attached hydrogens (primary N) is 1. The van der Waals surface area contributed by atoms with Gasteiger partial charge in [-0.3, -0.25) is 0 Å². The molecule has 0 aromatic heterocycles. The number of amidine groups is 1. The van der Waals surface area contributed by atoms with E-state index in [1.54, 1.807) is 6.20 Å². The molecule has 1 rings (SSSR count). The van der Waals surface area contributed by atoms with E-state index in [2.05, 4.69) is 24.1 Å². The van der Waals surface area contributed by atoms with Crippen LogP contribution in [-0.4, -0.2) is 41.0 Å². The number of carboxylic acid groups (broad SMARTS) is 1. The number of hydrogen-bond donors (Lipinski definition) is 2. The van der Waals surface area contributed by atoms with Crippen LogP contribution in [0.15, 0.2) is 29.5 Å². The maximum atomic E-state index is 11.3. The Kier molecular flexibility index (Phi) is 19.7. The lowest BCUT2D eigenvalue weighted by atomic mass is 10.0. The van der Waals surface area contributed by atoms with Crippen molar-refractivity contribution in [2.45, 2.75) is 135 Å². The van der Waals surface area contributed by atoms with Gasteiger partial charge < -0.3 is 10.8 Å². The Balaban J connectivity index is 1.86. The molecule has 202 valence electrons. The van der Waals surface area contributed by atoms with Gasteiger partial charge in [-0.2, -0.15) is 0 Å². The summed E-state index contributed by atoms with van der Waals surface area (Å²) in [5, 5.41) is 9.28. The number of carboxylic acids is 1. The average molecular weight is 491 g/mol. The van der Waals surface area contributed by atoms with Gasteiger partial charge in [0, 0.05) is 13.0 Å². The Morgan fingerprint density at radius 2 is 1.31 bits per heavy atom. The molecular weight excluding hydrogens is 434 g/mol. The summed E-state index contributed by atoms with van der Waals surface area (Å²) in [5.41, 5.74) is 5.74. The topological polar surface area (TPSA) is 75.7 Å². The Bertz CT molecular complexity index is 615. The van der Waals surface area contributed by atoms with Crippen molar-refractivity contribution in [3.8, 4) is 0 Å². The van der Waals surface area contributed by atoms with E-state index >= 15 is 0 Å². The minimum absolute atomic E-state index is 0.0454. The Morgan fingerprint density at radius 1 is 0.829 bits per heavy atom. The van der Waals surface area contributed by atoms with Gasteiger partial charge in [-0.15, -0.1) is 0 Å². The van der Waals surface area contributed by atoms with Crippen LogP contribution >= 0.6 is 0 Å². The molecule has 1 heterocycles. The van der Waals surface area contributed by atoms with Crippen LogP contribution in [0.25, 0.3) is 0 Å². The number of unbranched alkanes of at least 4 members (excludes halogenated alkanes) is 17. The Morgan fingerprint density at radius 3 is 1.80 bits per heavy atom. The maximum absolute atomic E-state index is 11.3. The molecular formula is C30H56N3O2+. The fourth-order valence-corrected chi connectivity index (χ4v) is 5.06. The van der Waals surface area contributed by atoms with Crippen molar-refractivity contribution in [3.05, 3.63) is 24.6 Å². The predicted octanol–water partition coefficient (Wildman–Crippen LogP) is 8.11. The minimum Gasteiger partial charge on any atom is -0.477 e. The molecule has 0 aromatic rings. The predicted molar refractivity (Wildman–Crippen MR) is 150 cm³/mol. The third-order valence-electron chi connectivity index (χ3n) is 7.18. The summed E-state index contributed by atoms with van der Waals surface area (Å²) >= 11 is 0. The Labute approximate surface area is 216 Å². The van der Waals surface area contributed by atoms with Crippen LogP contribution < -0.4 is 5.73 Å². The molecule has 0 saturated carbocycles. The van der Waals surface area contributed by atoms with Crippen molar-refractivity contribution in [1.29, 1.82) is 0 Å². The quantitative estimate of drug-likeness (QED) is 0.0771. The lowest BCUT2D eigenvalue weighted by Crippen LogP contribution is -2.52. The molecule has 0 amide bonds. The van der Waals surface area contributed by atoms with Crippen molar-refractivity contribution >= 4 is 11.8 Å². The zero-order chi connectivity index (χ0) is 25.5. The van der Waals surface area contributed by atoms with Gasteiger partial charge in [0.1, 0.15) is 12.7 Å². The summed E-state index contributed by atoms with van der Waals surface area (Å²) in [6.07, 6.45) is 34.7. The molecule has 3 N–H and O–H groups in total. The van der Waals surface area contributed by atoms with Gasteiger partial charge >= 0.3 is 5.97 Å². The number of allylic oxidation sites excluding steroid dienone is 2. The summed E-state index contributed by atoms with van der Waals surface area (Å²) in [6, 6.07) is 0. The van der Waals surface area contributed by atoms with E-state index in [0.717, 1.165) is 18.7 Å². The smallest absolute Gasteiger partial charge is 0.360 e. The molecule has 1 unspecified atom stereocenters. The van der Waals surface area contributed by atoms with Crippen LogP contribution in [0.2, 0.25) is 0 Å². The van der Waals surface area contributed by atoms with Crippen molar-refractivity contribution in [3.63, 3.8) is 0 Å². The summed E-state index contributed by atoms with van der Waals surface area (Å²) in [6.45, 7) is 3.36. The summed E-state index contributed by atoms with van der Waals surface area (Å²) in [7, 11) is 0. The standard InChI is InChI=1S/C30H55N3O2/c1-2-3-4-5-6-7-8-9-10-11-12-13-14-15-16-17-18-19-20-21-22-23-29-32-25-27-33(29,26-24-31)28-30(34)35/h4-5,25,27H,2-3,6-24,26,28,31H2,1H3/p+1/b5-4+. The SMILES string of the molecule is CCC/C=C/CCCCCCCCCCCCCCCCCCC1=NC=C[N+]1(CCN)CC(=O)O. The first-order valence-corrected chi connectivity index (χ1v) is 14.8. The number of carbonyl (C=O) groups is 1. The van der Waals surface area contributed by atoms with E-state index < -0.39 is 5.97 Å². The molecule has 1 aliphatic rings. The van der Waals surface area contributed by atoms with E-state index in [1.165, 1.54) is 116 Å². The fourth-order valence-electron chi connectivity index (χ4n) is 5.06.